The maximum Gasteiger partial charge on any atom is 0.254 e. The predicted molar refractivity (Wildman–Crippen MR) is 83.2 cm³/mol. The van der Waals surface area contributed by atoms with Gasteiger partial charge in [0.15, 0.2) is 0 Å². The summed E-state index contributed by atoms with van der Waals surface area (Å²) in [6.45, 7) is 4.27. The van der Waals surface area contributed by atoms with E-state index in [4.69, 9.17) is 0 Å². The molecule has 6 heteroatoms. The Balaban J connectivity index is 1.60. The molecule has 22 heavy (non-hydrogen) atoms. The van der Waals surface area contributed by atoms with Crippen LogP contribution >= 0.6 is 0 Å². The number of carbonyl (C=O) groups excluding carboxylic acids is 1. The number of imidazole rings is 1. The fraction of sp³-hybridized carbons (Fsp3) is 0.438. The molecule has 0 radical (unpaired) electrons. The highest BCUT2D eigenvalue weighted by Gasteiger charge is 2.20. The van der Waals surface area contributed by atoms with Gasteiger partial charge in [-0.25, -0.2) is 4.98 Å². The minimum absolute atomic E-state index is 0.0984. The molecule has 3 rings (SSSR count). The van der Waals surface area contributed by atoms with Gasteiger partial charge in [-0.1, -0.05) is 0 Å². The van der Waals surface area contributed by atoms with Crippen molar-refractivity contribution in [3.8, 4) is 0 Å². The highest BCUT2D eigenvalue weighted by Crippen LogP contribution is 2.10. The third-order valence-electron chi connectivity index (χ3n) is 4.09. The molecule has 6 nitrogen and oxygen atoms in total. The first kappa shape index (κ1) is 14.7. The van der Waals surface area contributed by atoms with Gasteiger partial charge in [-0.2, -0.15) is 0 Å². The van der Waals surface area contributed by atoms with Crippen molar-refractivity contribution in [3.05, 3.63) is 48.3 Å². The van der Waals surface area contributed by atoms with Crippen LogP contribution in [0.3, 0.4) is 0 Å². The number of pyridine rings is 1. The minimum Gasteiger partial charge on any atom is -0.337 e. The zero-order chi connectivity index (χ0) is 15.4. The van der Waals surface area contributed by atoms with Gasteiger partial charge in [-0.3, -0.25) is 14.7 Å². The highest BCUT2D eigenvalue weighted by atomic mass is 16.2. The minimum atomic E-state index is 0.0984. The second-order valence-corrected chi connectivity index (χ2v) is 5.61. The van der Waals surface area contributed by atoms with Gasteiger partial charge in [0, 0.05) is 63.6 Å². The van der Waals surface area contributed by atoms with Gasteiger partial charge >= 0.3 is 0 Å². The molecule has 1 fully saturated rings. The van der Waals surface area contributed by atoms with E-state index >= 15 is 0 Å². The monoisotopic (exact) mass is 299 g/mol. The normalized spacial score (nSPS) is 16.5. The van der Waals surface area contributed by atoms with Crippen LogP contribution in [0.2, 0.25) is 0 Å². The fourth-order valence-electron chi connectivity index (χ4n) is 2.76. The van der Waals surface area contributed by atoms with Crippen molar-refractivity contribution in [3.63, 3.8) is 0 Å². The van der Waals surface area contributed by atoms with E-state index in [0.29, 0.717) is 5.56 Å². The summed E-state index contributed by atoms with van der Waals surface area (Å²) in [5.41, 5.74) is 0.715. The topological polar surface area (TPSA) is 54.3 Å². The fourth-order valence-corrected chi connectivity index (χ4v) is 2.76. The summed E-state index contributed by atoms with van der Waals surface area (Å²) in [6.07, 6.45) is 8.11. The lowest BCUT2D eigenvalue weighted by Crippen LogP contribution is -2.35. The lowest BCUT2D eigenvalue weighted by atomic mass is 10.2. The van der Waals surface area contributed by atoms with E-state index in [9.17, 15) is 4.79 Å². The van der Waals surface area contributed by atoms with Crippen LogP contribution in [0.15, 0.2) is 36.9 Å². The quantitative estimate of drug-likeness (QED) is 0.853. The third kappa shape index (κ3) is 3.33. The summed E-state index contributed by atoms with van der Waals surface area (Å²) in [5, 5.41) is 0. The van der Waals surface area contributed by atoms with Gasteiger partial charge in [0.05, 0.1) is 6.54 Å². The van der Waals surface area contributed by atoms with Crippen molar-refractivity contribution in [2.75, 3.05) is 26.2 Å². The molecule has 0 bridgehead atoms. The van der Waals surface area contributed by atoms with E-state index in [-0.39, 0.29) is 5.91 Å². The van der Waals surface area contributed by atoms with E-state index in [0.717, 1.165) is 45.0 Å². The zero-order valence-electron chi connectivity index (χ0n) is 12.9. The summed E-state index contributed by atoms with van der Waals surface area (Å²) in [5.74, 6) is 1.16. The smallest absolute Gasteiger partial charge is 0.254 e. The molecule has 0 aromatic carbocycles. The number of carbonyl (C=O) groups is 1. The number of hydrogen-bond acceptors (Lipinski definition) is 4. The Morgan fingerprint density at radius 2 is 1.95 bits per heavy atom. The van der Waals surface area contributed by atoms with Crippen molar-refractivity contribution in [2.45, 2.75) is 13.0 Å². The molecule has 0 N–H and O–H groups in total. The summed E-state index contributed by atoms with van der Waals surface area (Å²) in [6, 6.07) is 3.55. The van der Waals surface area contributed by atoms with Crippen LogP contribution in [0, 0.1) is 0 Å². The first-order valence-corrected chi connectivity index (χ1v) is 7.62. The van der Waals surface area contributed by atoms with Gasteiger partial charge in [0.1, 0.15) is 5.82 Å². The first-order chi connectivity index (χ1) is 10.7. The molecule has 0 unspecified atom stereocenters. The van der Waals surface area contributed by atoms with Crippen LogP contribution in [0.5, 0.6) is 0 Å². The van der Waals surface area contributed by atoms with E-state index < -0.39 is 0 Å². The molecular weight excluding hydrogens is 278 g/mol. The van der Waals surface area contributed by atoms with Crippen LogP contribution in [0.1, 0.15) is 22.6 Å². The molecule has 0 spiro atoms. The Bertz CT molecular complexity index is 624. The van der Waals surface area contributed by atoms with E-state index in [1.54, 1.807) is 24.5 Å². The number of hydrogen-bond donors (Lipinski definition) is 0. The van der Waals surface area contributed by atoms with Crippen LogP contribution < -0.4 is 0 Å². The summed E-state index contributed by atoms with van der Waals surface area (Å²) in [4.78, 5) is 25.1. The number of amides is 1. The van der Waals surface area contributed by atoms with Crippen LogP contribution in [-0.4, -0.2) is 56.4 Å². The number of rotatable bonds is 3. The summed E-state index contributed by atoms with van der Waals surface area (Å²) in [7, 11) is 2.01. The maximum absolute atomic E-state index is 12.5. The molecule has 3 heterocycles. The molecule has 1 saturated heterocycles. The van der Waals surface area contributed by atoms with Crippen LogP contribution in [0.25, 0.3) is 0 Å². The van der Waals surface area contributed by atoms with Gasteiger partial charge in [0.25, 0.3) is 5.91 Å². The molecule has 1 aliphatic rings. The van der Waals surface area contributed by atoms with Crippen molar-refractivity contribution in [1.29, 1.82) is 0 Å². The summed E-state index contributed by atoms with van der Waals surface area (Å²) >= 11 is 0. The largest absolute Gasteiger partial charge is 0.337 e. The van der Waals surface area contributed by atoms with Crippen molar-refractivity contribution < 1.29 is 4.79 Å². The lowest BCUT2D eigenvalue weighted by Gasteiger charge is -2.21. The SMILES string of the molecule is Cn1ccnc1CN1CCCN(C(=O)c2ccncc2)CC1. The Kier molecular flexibility index (Phi) is 4.48. The van der Waals surface area contributed by atoms with E-state index in [1.807, 2.05) is 28.9 Å². The zero-order valence-corrected chi connectivity index (χ0v) is 12.9. The second kappa shape index (κ2) is 6.70. The van der Waals surface area contributed by atoms with Crippen molar-refractivity contribution in [1.82, 2.24) is 24.3 Å². The Labute approximate surface area is 130 Å². The maximum atomic E-state index is 12.5. The lowest BCUT2D eigenvalue weighted by molar-refractivity contribution is 0.0761. The van der Waals surface area contributed by atoms with Gasteiger partial charge in [-0.15, -0.1) is 0 Å². The molecule has 0 saturated carbocycles. The second-order valence-electron chi connectivity index (χ2n) is 5.61. The number of aryl methyl sites for hydroxylation is 1. The average Bonchev–Trinajstić information content (AvgIpc) is 2.81. The van der Waals surface area contributed by atoms with Crippen LogP contribution in [0.4, 0.5) is 0 Å². The molecule has 0 aliphatic carbocycles. The van der Waals surface area contributed by atoms with Gasteiger partial charge < -0.3 is 9.47 Å². The molecule has 0 atom stereocenters. The van der Waals surface area contributed by atoms with Gasteiger partial charge in [-0.05, 0) is 18.6 Å². The number of aromatic nitrogens is 3. The summed E-state index contributed by atoms with van der Waals surface area (Å²) < 4.78 is 2.05. The third-order valence-corrected chi connectivity index (χ3v) is 4.09. The van der Waals surface area contributed by atoms with E-state index in [2.05, 4.69) is 14.9 Å². The Hall–Kier alpha value is -2.21. The molecule has 1 amide bonds. The Morgan fingerprint density at radius 1 is 1.14 bits per heavy atom. The molecule has 2 aromatic heterocycles. The van der Waals surface area contributed by atoms with Crippen LogP contribution in [-0.2, 0) is 13.6 Å². The van der Waals surface area contributed by atoms with E-state index in [1.165, 1.54) is 0 Å². The molecular formula is C16H21N5O. The standard InChI is InChI=1S/C16H21N5O/c1-19-10-7-18-15(19)13-20-8-2-9-21(12-11-20)16(22)14-3-5-17-6-4-14/h3-7,10H,2,8-9,11-13H2,1H3. The van der Waals surface area contributed by atoms with Crippen molar-refractivity contribution in [2.24, 2.45) is 7.05 Å². The van der Waals surface area contributed by atoms with Crippen molar-refractivity contribution >= 4 is 5.91 Å². The molecule has 2 aromatic rings. The average molecular weight is 299 g/mol. The first-order valence-electron chi connectivity index (χ1n) is 7.62. The van der Waals surface area contributed by atoms with Gasteiger partial charge in [0.2, 0.25) is 0 Å². The number of nitrogens with zero attached hydrogens (tertiary/aromatic N) is 5. The molecule has 116 valence electrons. The predicted octanol–water partition coefficient (Wildman–Crippen LogP) is 1.16. The molecule has 1 aliphatic heterocycles. The Morgan fingerprint density at radius 3 is 2.68 bits per heavy atom. The highest BCUT2D eigenvalue weighted by molar-refractivity contribution is 5.94.